The summed E-state index contributed by atoms with van der Waals surface area (Å²) in [5.41, 5.74) is 4.05. The van der Waals surface area contributed by atoms with Gasteiger partial charge >= 0.3 is 5.97 Å². The summed E-state index contributed by atoms with van der Waals surface area (Å²) in [6.45, 7) is 15.2. The molecule has 2 atom stereocenters. The molecular weight excluding hydrogens is 320 g/mol. The van der Waals surface area contributed by atoms with Gasteiger partial charge in [0.05, 0.1) is 0 Å². The second-order valence-corrected chi connectivity index (χ2v) is 9.96. The third-order valence-corrected chi connectivity index (χ3v) is 5.49. The van der Waals surface area contributed by atoms with Crippen molar-refractivity contribution in [3.05, 3.63) is 52.6 Å². The SMILES string of the molecule is Cc1cc(C(C)(C)C)c(OC(=O)C2=CC[C@@H]3C=C[C@H]2C3)c(C(C)(C)C)c1. The number of carbonyl (C=O) groups excluding carboxylic acids is 1. The van der Waals surface area contributed by atoms with Gasteiger partial charge in [-0.25, -0.2) is 4.79 Å². The number of rotatable bonds is 2. The van der Waals surface area contributed by atoms with Crippen molar-refractivity contribution >= 4 is 5.97 Å². The van der Waals surface area contributed by atoms with E-state index in [1.165, 1.54) is 5.56 Å². The molecule has 0 unspecified atom stereocenters. The zero-order valence-electron chi connectivity index (χ0n) is 17.3. The minimum atomic E-state index is -0.181. The van der Waals surface area contributed by atoms with Gasteiger partial charge in [0.15, 0.2) is 0 Å². The monoisotopic (exact) mass is 352 g/mol. The lowest BCUT2D eigenvalue weighted by molar-refractivity contribution is -0.130. The Bertz CT molecular complexity index is 746. The van der Waals surface area contributed by atoms with Gasteiger partial charge < -0.3 is 4.74 Å². The van der Waals surface area contributed by atoms with Crippen molar-refractivity contribution in [2.45, 2.75) is 72.1 Å². The van der Waals surface area contributed by atoms with E-state index >= 15 is 0 Å². The fourth-order valence-corrected chi connectivity index (χ4v) is 3.99. The van der Waals surface area contributed by atoms with E-state index in [-0.39, 0.29) is 22.7 Å². The van der Waals surface area contributed by atoms with Crippen molar-refractivity contribution in [2.75, 3.05) is 0 Å². The van der Waals surface area contributed by atoms with E-state index in [1.807, 2.05) is 0 Å². The molecule has 0 fully saturated rings. The number of aryl methyl sites for hydroxylation is 1. The smallest absolute Gasteiger partial charge is 0.339 e. The summed E-state index contributed by atoms with van der Waals surface area (Å²) in [5, 5.41) is 0. The van der Waals surface area contributed by atoms with Crippen LogP contribution >= 0.6 is 0 Å². The molecule has 0 N–H and O–H groups in total. The highest BCUT2D eigenvalue weighted by Gasteiger charge is 2.33. The molecule has 0 radical (unpaired) electrons. The molecule has 0 aromatic heterocycles. The maximum atomic E-state index is 13.1. The largest absolute Gasteiger partial charge is 0.423 e. The van der Waals surface area contributed by atoms with Crippen LogP contribution in [-0.2, 0) is 15.6 Å². The molecule has 2 bridgehead atoms. The Kier molecular flexibility index (Phi) is 4.67. The third-order valence-electron chi connectivity index (χ3n) is 5.49. The Morgan fingerprint density at radius 1 is 1.00 bits per heavy atom. The lowest BCUT2D eigenvalue weighted by Crippen LogP contribution is -2.25. The van der Waals surface area contributed by atoms with Crippen LogP contribution in [0.25, 0.3) is 0 Å². The van der Waals surface area contributed by atoms with Crippen LogP contribution in [0.2, 0.25) is 0 Å². The zero-order valence-corrected chi connectivity index (χ0v) is 17.3. The summed E-state index contributed by atoms with van der Waals surface area (Å²) in [5.74, 6) is 1.40. The molecule has 26 heavy (non-hydrogen) atoms. The number of allylic oxidation sites excluding steroid dienone is 3. The molecule has 1 aromatic rings. The Labute approximate surface area is 158 Å². The Hall–Kier alpha value is -1.83. The summed E-state index contributed by atoms with van der Waals surface area (Å²) in [7, 11) is 0. The minimum absolute atomic E-state index is 0.0963. The van der Waals surface area contributed by atoms with Crippen LogP contribution in [0.1, 0.15) is 71.1 Å². The lowest BCUT2D eigenvalue weighted by Gasteiger charge is -2.30. The highest BCUT2D eigenvalue weighted by molar-refractivity contribution is 5.92. The average Bonchev–Trinajstić information content (AvgIpc) is 2.87. The second-order valence-electron chi connectivity index (χ2n) is 9.96. The van der Waals surface area contributed by atoms with Crippen molar-refractivity contribution in [1.82, 2.24) is 0 Å². The van der Waals surface area contributed by atoms with Crippen LogP contribution in [0.15, 0.2) is 35.9 Å². The third kappa shape index (κ3) is 3.65. The molecule has 2 heteroatoms. The van der Waals surface area contributed by atoms with E-state index in [2.05, 4.69) is 78.8 Å². The average molecular weight is 353 g/mol. The molecule has 0 heterocycles. The molecule has 0 spiro atoms. The fraction of sp³-hybridized carbons (Fsp3) is 0.542. The van der Waals surface area contributed by atoms with E-state index in [1.54, 1.807) is 0 Å². The number of benzene rings is 1. The molecule has 2 aliphatic carbocycles. The normalized spacial score (nSPS) is 22.3. The number of hydrogen-bond donors (Lipinski definition) is 0. The lowest BCUT2D eigenvalue weighted by atomic mass is 9.78. The predicted octanol–water partition coefficient (Wildman–Crippen LogP) is 6.02. The highest BCUT2D eigenvalue weighted by atomic mass is 16.5. The van der Waals surface area contributed by atoms with Gasteiger partial charge in [0.2, 0.25) is 0 Å². The highest BCUT2D eigenvalue weighted by Crippen LogP contribution is 2.42. The van der Waals surface area contributed by atoms with Crippen LogP contribution in [-0.4, -0.2) is 5.97 Å². The number of fused-ring (bicyclic) bond motifs is 2. The van der Waals surface area contributed by atoms with E-state index in [4.69, 9.17) is 4.74 Å². The summed E-state index contributed by atoms with van der Waals surface area (Å²) in [6.07, 6.45) is 8.50. The first-order valence-electron chi connectivity index (χ1n) is 9.73. The van der Waals surface area contributed by atoms with Crippen molar-refractivity contribution in [1.29, 1.82) is 0 Å². The summed E-state index contributed by atoms with van der Waals surface area (Å²) >= 11 is 0. The number of esters is 1. The Morgan fingerprint density at radius 3 is 2.12 bits per heavy atom. The van der Waals surface area contributed by atoms with Crippen LogP contribution in [0, 0.1) is 18.8 Å². The number of carbonyl (C=O) groups is 1. The van der Waals surface area contributed by atoms with Crippen LogP contribution < -0.4 is 4.74 Å². The van der Waals surface area contributed by atoms with E-state index in [0.717, 1.165) is 35.3 Å². The van der Waals surface area contributed by atoms with E-state index in [0.29, 0.717) is 5.92 Å². The van der Waals surface area contributed by atoms with Gasteiger partial charge in [-0.15, -0.1) is 0 Å². The van der Waals surface area contributed by atoms with Crippen molar-refractivity contribution in [3.8, 4) is 5.75 Å². The van der Waals surface area contributed by atoms with Crippen molar-refractivity contribution in [3.63, 3.8) is 0 Å². The first kappa shape index (κ1) is 18.9. The Morgan fingerprint density at radius 2 is 1.58 bits per heavy atom. The number of hydrogen-bond acceptors (Lipinski definition) is 2. The van der Waals surface area contributed by atoms with E-state index < -0.39 is 0 Å². The first-order chi connectivity index (χ1) is 12.0. The summed E-state index contributed by atoms with van der Waals surface area (Å²) in [4.78, 5) is 13.1. The molecule has 0 saturated carbocycles. The fourth-order valence-electron chi connectivity index (χ4n) is 3.99. The second kappa shape index (κ2) is 6.40. The summed E-state index contributed by atoms with van der Waals surface area (Å²) < 4.78 is 6.13. The van der Waals surface area contributed by atoms with Crippen molar-refractivity contribution < 1.29 is 9.53 Å². The molecule has 3 rings (SSSR count). The predicted molar refractivity (Wildman–Crippen MR) is 108 cm³/mol. The molecule has 140 valence electrons. The van der Waals surface area contributed by atoms with Gasteiger partial charge in [-0.05, 0) is 36.5 Å². The van der Waals surface area contributed by atoms with Gasteiger partial charge in [0.1, 0.15) is 5.75 Å². The Balaban J connectivity index is 2.04. The van der Waals surface area contributed by atoms with Gasteiger partial charge in [-0.1, -0.05) is 77.5 Å². The molecule has 2 aliphatic rings. The summed E-state index contributed by atoms with van der Waals surface area (Å²) in [6, 6.07) is 4.33. The number of ether oxygens (including phenoxy) is 1. The van der Waals surface area contributed by atoms with Crippen LogP contribution in [0.5, 0.6) is 5.75 Å². The molecule has 2 nitrogen and oxygen atoms in total. The van der Waals surface area contributed by atoms with E-state index in [9.17, 15) is 4.79 Å². The van der Waals surface area contributed by atoms with Gasteiger partial charge in [0.25, 0.3) is 0 Å². The molecule has 0 saturated heterocycles. The molecule has 0 aliphatic heterocycles. The quantitative estimate of drug-likeness (QED) is 0.370. The molecule has 0 amide bonds. The topological polar surface area (TPSA) is 26.3 Å². The van der Waals surface area contributed by atoms with Crippen LogP contribution in [0.3, 0.4) is 0 Å². The van der Waals surface area contributed by atoms with Gasteiger partial charge in [-0.3, -0.25) is 0 Å². The maximum Gasteiger partial charge on any atom is 0.339 e. The zero-order chi connectivity index (χ0) is 19.3. The van der Waals surface area contributed by atoms with Gasteiger partial charge in [0, 0.05) is 22.6 Å². The molecule has 1 aromatic carbocycles. The standard InChI is InChI=1S/C24H32O2/c1-15-12-19(23(2,3)4)21(20(13-15)24(5,6)7)26-22(25)18-11-9-16-8-10-17(18)14-16/h8,10-13,16-17H,9,14H2,1-7H3/t16-,17-/m0/s1. The van der Waals surface area contributed by atoms with Crippen LogP contribution in [0.4, 0.5) is 0 Å². The minimum Gasteiger partial charge on any atom is -0.423 e. The van der Waals surface area contributed by atoms with Crippen molar-refractivity contribution in [2.24, 2.45) is 11.8 Å². The maximum absolute atomic E-state index is 13.1. The first-order valence-corrected chi connectivity index (χ1v) is 9.73. The van der Waals surface area contributed by atoms with Gasteiger partial charge in [-0.2, -0.15) is 0 Å². The molecular formula is C24H32O2.